The minimum absolute atomic E-state index is 0.337. The number of oxime groups is 1. The third kappa shape index (κ3) is 5.89. The van der Waals surface area contributed by atoms with Gasteiger partial charge in [-0.05, 0) is 18.9 Å². The first-order chi connectivity index (χ1) is 8.11. The number of nitrogens with zero attached hydrogens (tertiary/aromatic N) is 3. The van der Waals surface area contributed by atoms with E-state index >= 15 is 0 Å². The molecule has 1 saturated heterocycles. The number of hydrogen-bond donors (Lipinski definition) is 2. The van der Waals surface area contributed by atoms with Crippen LogP contribution in [-0.2, 0) is 0 Å². The first-order valence-corrected chi connectivity index (χ1v) is 6.53. The van der Waals surface area contributed by atoms with Crippen molar-refractivity contribution < 1.29 is 5.21 Å². The van der Waals surface area contributed by atoms with E-state index < -0.39 is 0 Å². The van der Waals surface area contributed by atoms with Crippen molar-refractivity contribution in [2.24, 2.45) is 16.8 Å². The summed E-state index contributed by atoms with van der Waals surface area (Å²) in [6.07, 6.45) is 1.66. The maximum Gasteiger partial charge on any atom is 0.139 e. The largest absolute Gasteiger partial charge is 0.409 e. The highest BCUT2D eigenvalue weighted by molar-refractivity contribution is 5.79. The van der Waals surface area contributed by atoms with Gasteiger partial charge in [0.05, 0.1) is 0 Å². The average molecular weight is 242 g/mol. The Morgan fingerprint density at radius 1 is 1.24 bits per heavy atom. The van der Waals surface area contributed by atoms with E-state index in [0.29, 0.717) is 12.3 Å². The van der Waals surface area contributed by atoms with Crippen molar-refractivity contribution in [3.05, 3.63) is 0 Å². The zero-order chi connectivity index (χ0) is 12.7. The van der Waals surface area contributed by atoms with Gasteiger partial charge in [0, 0.05) is 39.1 Å². The van der Waals surface area contributed by atoms with E-state index in [2.05, 4.69) is 28.8 Å². The van der Waals surface area contributed by atoms with E-state index in [9.17, 15) is 0 Å². The predicted octanol–water partition coefficient (Wildman–Crippen LogP) is 0.787. The molecule has 0 unspecified atom stereocenters. The van der Waals surface area contributed by atoms with Crippen molar-refractivity contribution in [2.75, 3.05) is 39.3 Å². The Labute approximate surface area is 104 Å². The molecule has 0 aromatic carbocycles. The lowest BCUT2D eigenvalue weighted by atomic mass is 10.2. The van der Waals surface area contributed by atoms with Crippen LogP contribution in [-0.4, -0.2) is 60.1 Å². The summed E-state index contributed by atoms with van der Waals surface area (Å²) >= 11 is 0. The lowest BCUT2D eigenvalue weighted by Crippen LogP contribution is -2.47. The number of rotatable bonds is 6. The molecule has 1 fully saturated rings. The summed E-state index contributed by atoms with van der Waals surface area (Å²) in [6.45, 7) is 11.4. The van der Waals surface area contributed by atoms with Crippen LogP contribution in [0.25, 0.3) is 0 Å². The predicted molar refractivity (Wildman–Crippen MR) is 70.4 cm³/mol. The Morgan fingerprint density at radius 3 is 2.35 bits per heavy atom. The molecule has 1 rings (SSSR count). The zero-order valence-electron chi connectivity index (χ0n) is 11.1. The van der Waals surface area contributed by atoms with Crippen molar-refractivity contribution in [3.63, 3.8) is 0 Å². The second-order valence-electron chi connectivity index (χ2n) is 5.23. The van der Waals surface area contributed by atoms with Gasteiger partial charge in [0.25, 0.3) is 0 Å². The molecule has 0 bridgehead atoms. The fourth-order valence-corrected chi connectivity index (χ4v) is 2.25. The van der Waals surface area contributed by atoms with Gasteiger partial charge in [-0.3, -0.25) is 0 Å². The highest BCUT2D eigenvalue weighted by atomic mass is 16.4. The maximum atomic E-state index is 8.43. The summed E-state index contributed by atoms with van der Waals surface area (Å²) in [7, 11) is 0. The van der Waals surface area contributed by atoms with Crippen molar-refractivity contribution in [2.45, 2.75) is 26.7 Å². The standard InChI is InChI=1S/C12H26N4O/c1-11(2)10-16-8-6-15(7-9-16)5-3-4-12(13)14-17/h11,17H,3-10H2,1-2H3,(H2,13,14). The van der Waals surface area contributed by atoms with Gasteiger partial charge >= 0.3 is 0 Å². The molecule has 17 heavy (non-hydrogen) atoms. The van der Waals surface area contributed by atoms with Gasteiger partial charge in [-0.25, -0.2) is 0 Å². The van der Waals surface area contributed by atoms with Gasteiger partial charge in [0.15, 0.2) is 0 Å². The van der Waals surface area contributed by atoms with E-state index in [4.69, 9.17) is 10.9 Å². The molecule has 1 heterocycles. The van der Waals surface area contributed by atoms with Crippen LogP contribution in [0.2, 0.25) is 0 Å². The summed E-state index contributed by atoms with van der Waals surface area (Å²) in [6, 6.07) is 0. The quantitative estimate of drug-likeness (QED) is 0.313. The Bertz CT molecular complexity index is 235. The summed E-state index contributed by atoms with van der Waals surface area (Å²) < 4.78 is 0. The highest BCUT2D eigenvalue weighted by Crippen LogP contribution is 2.06. The molecule has 0 spiro atoms. The molecule has 0 saturated carbocycles. The zero-order valence-corrected chi connectivity index (χ0v) is 11.1. The van der Waals surface area contributed by atoms with Crippen molar-refractivity contribution in [1.82, 2.24) is 9.80 Å². The van der Waals surface area contributed by atoms with E-state index in [-0.39, 0.29) is 0 Å². The van der Waals surface area contributed by atoms with Gasteiger partial charge in [0.1, 0.15) is 5.84 Å². The van der Waals surface area contributed by atoms with Gasteiger partial charge < -0.3 is 20.7 Å². The molecular formula is C12H26N4O. The molecule has 0 aliphatic carbocycles. The van der Waals surface area contributed by atoms with Crippen LogP contribution >= 0.6 is 0 Å². The summed E-state index contributed by atoms with van der Waals surface area (Å²) in [5.41, 5.74) is 5.44. The van der Waals surface area contributed by atoms with Gasteiger partial charge in [-0.1, -0.05) is 19.0 Å². The number of nitrogens with two attached hydrogens (primary N) is 1. The van der Waals surface area contributed by atoms with Crippen LogP contribution in [0, 0.1) is 5.92 Å². The lowest BCUT2D eigenvalue weighted by molar-refractivity contribution is 0.122. The molecule has 0 aromatic rings. The van der Waals surface area contributed by atoms with E-state index in [1.165, 1.54) is 19.6 Å². The third-order valence-corrected chi connectivity index (χ3v) is 3.12. The Morgan fingerprint density at radius 2 is 1.82 bits per heavy atom. The smallest absolute Gasteiger partial charge is 0.139 e. The van der Waals surface area contributed by atoms with Crippen molar-refractivity contribution >= 4 is 5.84 Å². The minimum Gasteiger partial charge on any atom is -0.409 e. The number of hydrogen-bond acceptors (Lipinski definition) is 4. The normalized spacial score (nSPS) is 20.1. The van der Waals surface area contributed by atoms with Crippen LogP contribution in [0.1, 0.15) is 26.7 Å². The van der Waals surface area contributed by atoms with E-state index in [0.717, 1.165) is 32.0 Å². The molecule has 3 N–H and O–H groups in total. The molecule has 0 radical (unpaired) electrons. The van der Waals surface area contributed by atoms with E-state index in [1.807, 2.05) is 0 Å². The second kappa shape index (κ2) is 7.50. The first-order valence-electron chi connectivity index (χ1n) is 6.53. The molecule has 1 aliphatic heterocycles. The van der Waals surface area contributed by atoms with Gasteiger partial charge in [-0.2, -0.15) is 0 Å². The number of amidine groups is 1. The molecule has 1 aliphatic rings. The molecule has 0 amide bonds. The van der Waals surface area contributed by atoms with Crippen LogP contribution in [0.15, 0.2) is 5.16 Å². The summed E-state index contributed by atoms with van der Waals surface area (Å²) in [4.78, 5) is 4.99. The Hall–Kier alpha value is -0.810. The first kappa shape index (κ1) is 14.3. The Balaban J connectivity index is 2.11. The SMILES string of the molecule is CC(C)CN1CCN(CCCC(N)=NO)CC1. The van der Waals surface area contributed by atoms with Crippen molar-refractivity contribution in [1.29, 1.82) is 0 Å². The minimum atomic E-state index is 0.337. The molecule has 5 heteroatoms. The molecule has 100 valence electrons. The van der Waals surface area contributed by atoms with Gasteiger partial charge in [-0.15, -0.1) is 0 Å². The fourth-order valence-electron chi connectivity index (χ4n) is 2.25. The average Bonchev–Trinajstić information content (AvgIpc) is 2.30. The second-order valence-corrected chi connectivity index (χ2v) is 5.23. The van der Waals surface area contributed by atoms with Crippen LogP contribution in [0.3, 0.4) is 0 Å². The molecule has 0 atom stereocenters. The monoisotopic (exact) mass is 242 g/mol. The highest BCUT2D eigenvalue weighted by Gasteiger charge is 2.16. The van der Waals surface area contributed by atoms with E-state index in [1.54, 1.807) is 0 Å². The van der Waals surface area contributed by atoms with Crippen molar-refractivity contribution in [3.8, 4) is 0 Å². The van der Waals surface area contributed by atoms with Crippen LogP contribution < -0.4 is 5.73 Å². The van der Waals surface area contributed by atoms with Crippen LogP contribution in [0.5, 0.6) is 0 Å². The lowest BCUT2D eigenvalue weighted by Gasteiger charge is -2.35. The molecule has 5 nitrogen and oxygen atoms in total. The fraction of sp³-hybridized carbons (Fsp3) is 0.917. The summed E-state index contributed by atoms with van der Waals surface area (Å²) in [5, 5.41) is 11.4. The molecule has 0 aromatic heterocycles. The molecular weight excluding hydrogens is 216 g/mol. The van der Waals surface area contributed by atoms with Crippen LogP contribution in [0.4, 0.5) is 0 Å². The third-order valence-electron chi connectivity index (χ3n) is 3.12. The number of piperazine rings is 1. The van der Waals surface area contributed by atoms with Gasteiger partial charge in [0.2, 0.25) is 0 Å². The maximum absolute atomic E-state index is 8.43. The Kier molecular flexibility index (Phi) is 6.29. The topological polar surface area (TPSA) is 65.1 Å². The summed E-state index contributed by atoms with van der Waals surface area (Å²) in [5.74, 6) is 1.09.